The topological polar surface area (TPSA) is 41.6 Å². The Morgan fingerprint density at radius 3 is 2.55 bits per heavy atom. The normalized spacial score (nSPS) is 11.3. The van der Waals surface area contributed by atoms with Gasteiger partial charge < -0.3 is 15.0 Å². The zero-order chi connectivity index (χ0) is 15.3. The zero-order valence-electron chi connectivity index (χ0n) is 11.5. The molecule has 7 heteroatoms. The van der Waals surface area contributed by atoms with Gasteiger partial charge in [-0.05, 0) is 12.1 Å². The fourth-order valence-corrected chi connectivity index (χ4v) is 1.77. The van der Waals surface area contributed by atoms with Gasteiger partial charge in [0.2, 0.25) is 0 Å². The second-order valence-corrected chi connectivity index (χ2v) is 4.20. The summed E-state index contributed by atoms with van der Waals surface area (Å²) in [5.41, 5.74) is -1.08. The maximum Gasteiger partial charge on any atom is 0.418 e. The molecule has 0 aromatic heterocycles. The van der Waals surface area contributed by atoms with E-state index in [1.165, 1.54) is 38.2 Å². The van der Waals surface area contributed by atoms with Crippen molar-refractivity contribution in [1.29, 1.82) is 0 Å². The van der Waals surface area contributed by atoms with E-state index in [4.69, 9.17) is 4.74 Å². The third kappa shape index (κ3) is 3.63. The number of benzene rings is 1. The summed E-state index contributed by atoms with van der Waals surface area (Å²) in [5.74, 6) is -0.488. The molecule has 1 N–H and O–H groups in total. The molecule has 0 unspecified atom stereocenters. The molecule has 0 saturated heterocycles. The summed E-state index contributed by atoms with van der Waals surface area (Å²) in [6, 6.07) is 3.53. The van der Waals surface area contributed by atoms with E-state index in [-0.39, 0.29) is 11.3 Å². The van der Waals surface area contributed by atoms with Crippen LogP contribution in [-0.4, -0.2) is 45.2 Å². The van der Waals surface area contributed by atoms with Crippen LogP contribution in [-0.2, 0) is 10.9 Å². The molecule has 0 heterocycles. The van der Waals surface area contributed by atoms with Crippen LogP contribution in [0, 0.1) is 0 Å². The number of hydrogen-bond acceptors (Lipinski definition) is 3. The minimum absolute atomic E-state index is 0.0130. The van der Waals surface area contributed by atoms with E-state index in [9.17, 15) is 18.0 Å². The summed E-state index contributed by atoms with van der Waals surface area (Å²) in [7, 11) is 4.36. The van der Waals surface area contributed by atoms with E-state index >= 15 is 0 Å². The average Bonchev–Trinajstić information content (AvgIpc) is 2.41. The van der Waals surface area contributed by atoms with E-state index in [1.54, 1.807) is 0 Å². The fraction of sp³-hybridized carbons (Fsp3) is 0.462. The van der Waals surface area contributed by atoms with Crippen molar-refractivity contribution in [2.24, 2.45) is 0 Å². The van der Waals surface area contributed by atoms with E-state index in [0.29, 0.717) is 13.2 Å². The molecule has 0 fully saturated rings. The molecule has 1 amide bonds. The zero-order valence-corrected chi connectivity index (χ0v) is 11.5. The van der Waals surface area contributed by atoms with Crippen molar-refractivity contribution >= 4 is 11.6 Å². The summed E-state index contributed by atoms with van der Waals surface area (Å²) >= 11 is 0. The van der Waals surface area contributed by atoms with Crippen LogP contribution in [0.1, 0.15) is 15.9 Å². The van der Waals surface area contributed by atoms with Crippen molar-refractivity contribution in [2.75, 3.05) is 39.7 Å². The first kappa shape index (κ1) is 16.3. The van der Waals surface area contributed by atoms with Gasteiger partial charge in [-0.1, -0.05) is 6.07 Å². The van der Waals surface area contributed by atoms with Gasteiger partial charge >= 0.3 is 6.18 Å². The molecule has 20 heavy (non-hydrogen) atoms. The highest BCUT2D eigenvalue weighted by molar-refractivity contribution is 6.00. The lowest BCUT2D eigenvalue weighted by Crippen LogP contribution is -2.31. The first-order valence-corrected chi connectivity index (χ1v) is 5.95. The second kappa shape index (κ2) is 6.60. The van der Waals surface area contributed by atoms with Crippen LogP contribution < -0.4 is 5.32 Å². The predicted molar refractivity (Wildman–Crippen MR) is 69.8 cm³/mol. The summed E-state index contributed by atoms with van der Waals surface area (Å²) in [6.07, 6.45) is -4.51. The number of nitrogens with one attached hydrogen (secondary N) is 1. The number of para-hydroxylation sites is 1. The molecule has 4 nitrogen and oxygen atoms in total. The minimum atomic E-state index is -4.51. The van der Waals surface area contributed by atoms with Crippen molar-refractivity contribution in [2.45, 2.75) is 6.18 Å². The lowest BCUT2D eigenvalue weighted by molar-refractivity contribution is -0.136. The van der Waals surface area contributed by atoms with Crippen molar-refractivity contribution < 1.29 is 22.7 Å². The molecule has 0 aliphatic carbocycles. The van der Waals surface area contributed by atoms with Gasteiger partial charge in [0.05, 0.1) is 23.4 Å². The highest BCUT2D eigenvalue weighted by atomic mass is 19.4. The van der Waals surface area contributed by atoms with Gasteiger partial charge in [-0.25, -0.2) is 0 Å². The molecule has 0 bridgehead atoms. The first-order valence-electron chi connectivity index (χ1n) is 5.95. The van der Waals surface area contributed by atoms with E-state index in [0.717, 1.165) is 6.07 Å². The first-order chi connectivity index (χ1) is 9.32. The van der Waals surface area contributed by atoms with E-state index < -0.39 is 17.6 Å². The van der Waals surface area contributed by atoms with Gasteiger partial charge in [-0.15, -0.1) is 0 Å². The lowest BCUT2D eigenvalue weighted by Gasteiger charge is -2.21. The quantitative estimate of drug-likeness (QED) is 0.905. The maximum atomic E-state index is 12.9. The third-order valence-corrected chi connectivity index (χ3v) is 2.83. The van der Waals surface area contributed by atoms with Crippen molar-refractivity contribution in [3.63, 3.8) is 0 Å². The number of likely N-dealkylation sites (N-methyl/N-ethyl adjacent to an activating group) is 1. The van der Waals surface area contributed by atoms with Gasteiger partial charge in [-0.2, -0.15) is 13.2 Å². The number of carbonyl (C=O) groups excluding carboxylic acids is 1. The van der Waals surface area contributed by atoms with Crippen LogP contribution in [0.25, 0.3) is 0 Å². The van der Waals surface area contributed by atoms with Gasteiger partial charge in [0.1, 0.15) is 0 Å². The number of ether oxygens (including phenoxy) is 1. The number of methoxy groups -OCH3 is 1. The Labute approximate surface area is 115 Å². The standard InChI is InChI=1S/C13H17F3N2O2/c1-17-11-9(12(19)18(2)7-8-20-3)5-4-6-10(11)13(14,15)16/h4-6,17H,7-8H2,1-3H3. The highest BCUT2D eigenvalue weighted by Crippen LogP contribution is 2.36. The van der Waals surface area contributed by atoms with Gasteiger partial charge in [0.15, 0.2) is 0 Å². The molecule has 0 aliphatic heterocycles. The molecule has 1 rings (SSSR count). The van der Waals surface area contributed by atoms with Crippen molar-refractivity contribution in [1.82, 2.24) is 4.90 Å². The number of rotatable bonds is 5. The van der Waals surface area contributed by atoms with Crippen molar-refractivity contribution in [3.05, 3.63) is 29.3 Å². The van der Waals surface area contributed by atoms with E-state index in [1.807, 2.05) is 0 Å². The van der Waals surface area contributed by atoms with Gasteiger partial charge in [0.25, 0.3) is 5.91 Å². The Morgan fingerprint density at radius 1 is 1.40 bits per heavy atom. The Kier molecular flexibility index (Phi) is 5.38. The van der Waals surface area contributed by atoms with Crippen LogP contribution in [0.15, 0.2) is 18.2 Å². The average molecular weight is 290 g/mol. The van der Waals surface area contributed by atoms with Crippen LogP contribution in [0.3, 0.4) is 0 Å². The van der Waals surface area contributed by atoms with Crippen LogP contribution in [0.2, 0.25) is 0 Å². The van der Waals surface area contributed by atoms with Gasteiger partial charge in [0, 0.05) is 27.7 Å². The largest absolute Gasteiger partial charge is 0.418 e. The number of hydrogen-bond donors (Lipinski definition) is 1. The SMILES string of the molecule is CNc1c(C(=O)N(C)CCOC)cccc1C(F)(F)F. The number of carbonyl (C=O) groups is 1. The third-order valence-electron chi connectivity index (χ3n) is 2.83. The fourth-order valence-electron chi connectivity index (χ4n) is 1.77. The molecule has 0 spiro atoms. The van der Waals surface area contributed by atoms with Crippen molar-refractivity contribution in [3.8, 4) is 0 Å². The van der Waals surface area contributed by atoms with Gasteiger partial charge in [-0.3, -0.25) is 4.79 Å². The second-order valence-electron chi connectivity index (χ2n) is 4.20. The molecule has 1 aromatic rings. The van der Waals surface area contributed by atoms with Crippen LogP contribution in [0.4, 0.5) is 18.9 Å². The number of amides is 1. The Balaban J connectivity index is 3.15. The Morgan fingerprint density at radius 2 is 2.05 bits per heavy atom. The molecule has 112 valence electrons. The minimum Gasteiger partial charge on any atom is -0.387 e. The molecule has 0 radical (unpaired) electrons. The summed E-state index contributed by atoms with van der Waals surface area (Å²) in [5, 5.41) is 2.46. The monoisotopic (exact) mass is 290 g/mol. The molecule has 0 aliphatic rings. The number of alkyl halides is 3. The lowest BCUT2D eigenvalue weighted by atomic mass is 10.1. The summed E-state index contributed by atoms with van der Waals surface area (Å²) < 4.78 is 43.5. The smallest absolute Gasteiger partial charge is 0.387 e. The molecular weight excluding hydrogens is 273 g/mol. The van der Waals surface area contributed by atoms with Crippen LogP contribution >= 0.6 is 0 Å². The molecule has 1 aromatic carbocycles. The predicted octanol–water partition coefficient (Wildman–Crippen LogP) is 2.47. The summed E-state index contributed by atoms with van der Waals surface area (Å²) in [6.45, 7) is 0.616. The Hall–Kier alpha value is -1.76. The molecule has 0 saturated carbocycles. The highest BCUT2D eigenvalue weighted by Gasteiger charge is 2.35. The van der Waals surface area contributed by atoms with Crippen LogP contribution in [0.5, 0.6) is 0 Å². The summed E-state index contributed by atoms with van der Waals surface area (Å²) in [4.78, 5) is 13.5. The Bertz CT molecular complexity index is 475. The molecule has 0 atom stereocenters. The number of halogens is 3. The van der Waals surface area contributed by atoms with E-state index in [2.05, 4.69) is 5.32 Å². The number of anilines is 1. The molecular formula is C13H17F3N2O2. The maximum absolute atomic E-state index is 12.9. The number of nitrogens with zero attached hydrogens (tertiary/aromatic N) is 1.